The second kappa shape index (κ2) is 5.25. The summed E-state index contributed by atoms with van der Waals surface area (Å²) in [6.07, 6.45) is 0. The lowest BCUT2D eigenvalue weighted by atomic mass is 10.1. The van der Waals surface area contributed by atoms with Gasteiger partial charge in [0, 0.05) is 18.5 Å². The fraction of sp³-hybridized carbons (Fsp3) is 0.667. The zero-order valence-corrected chi connectivity index (χ0v) is 11.5. The standard InChI is InChI=1S/C9H16BrN3OS/c1-9(14,6-13(2)3)5-11-8-12-7(10)4-15-8/h4,14H,5-6H2,1-3H3,(H,11,12). The summed E-state index contributed by atoms with van der Waals surface area (Å²) >= 11 is 4.80. The first kappa shape index (κ1) is 12.9. The summed E-state index contributed by atoms with van der Waals surface area (Å²) in [5.41, 5.74) is -0.748. The number of aliphatic hydroxyl groups is 1. The fourth-order valence-corrected chi connectivity index (χ4v) is 2.48. The van der Waals surface area contributed by atoms with Gasteiger partial charge in [0.1, 0.15) is 4.60 Å². The minimum absolute atomic E-state index is 0.491. The van der Waals surface area contributed by atoms with Crippen LogP contribution in [0.4, 0.5) is 5.13 Å². The first-order chi connectivity index (χ1) is 6.89. The van der Waals surface area contributed by atoms with Crippen LogP contribution in [0.1, 0.15) is 6.92 Å². The van der Waals surface area contributed by atoms with Crippen LogP contribution in [-0.4, -0.2) is 47.8 Å². The van der Waals surface area contributed by atoms with Gasteiger partial charge in [-0.25, -0.2) is 4.98 Å². The van der Waals surface area contributed by atoms with E-state index in [-0.39, 0.29) is 0 Å². The summed E-state index contributed by atoms with van der Waals surface area (Å²) in [4.78, 5) is 6.15. The maximum atomic E-state index is 10.0. The smallest absolute Gasteiger partial charge is 0.183 e. The van der Waals surface area contributed by atoms with Gasteiger partial charge in [0.25, 0.3) is 0 Å². The molecule has 1 unspecified atom stereocenters. The molecule has 0 saturated heterocycles. The Bertz CT molecular complexity index is 314. The minimum atomic E-state index is -0.748. The Morgan fingerprint density at radius 2 is 2.33 bits per heavy atom. The molecular weight excluding hydrogens is 278 g/mol. The van der Waals surface area contributed by atoms with E-state index < -0.39 is 5.60 Å². The van der Waals surface area contributed by atoms with Gasteiger partial charge in [0.05, 0.1) is 5.60 Å². The third kappa shape index (κ3) is 4.92. The van der Waals surface area contributed by atoms with E-state index in [1.165, 1.54) is 11.3 Å². The fourth-order valence-electron chi connectivity index (χ4n) is 1.34. The Balaban J connectivity index is 2.42. The molecule has 1 atom stereocenters. The first-order valence-corrected chi connectivity index (χ1v) is 6.28. The normalized spacial score (nSPS) is 15.3. The number of aromatic nitrogens is 1. The van der Waals surface area contributed by atoms with Crippen molar-refractivity contribution in [3.05, 3.63) is 9.98 Å². The molecule has 0 aliphatic carbocycles. The predicted molar refractivity (Wildman–Crippen MR) is 67.5 cm³/mol. The van der Waals surface area contributed by atoms with Gasteiger partial charge in [-0.2, -0.15) is 0 Å². The highest BCUT2D eigenvalue weighted by atomic mass is 79.9. The molecule has 1 aromatic heterocycles. The average Bonchev–Trinajstić information content (AvgIpc) is 2.46. The van der Waals surface area contributed by atoms with Crippen LogP contribution < -0.4 is 5.32 Å². The Kier molecular flexibility index (Phi) is 4.51. The van der Waals surface area contributed by atoms with E-state index in [2.05, 4.69) is 26.2 Å². The average molecular weight is 294 g/mol. The van der Waals surface area contributed by atoms with Crippen molar-refractivity contribution in [2.24, 2.45) is 0 Å². The van der Waals surface area contributed by atoms with Gasteiger partial charge in [-0.15, -0.1) is 11.3 Å². The molecule has 0 radical (unpaired) electrons. The van der Waals surface area contributed by atoms with Gasteiger partial charge in [-0.05, 0) is 36.9 Å². The Morgan fingerprint density at radius 3 is 2.80 bits per heavy atom. The van der Waals surface area contributed by atoms with Crippen LogP contribution in [0.3, 0.4) is 0 Å². The molecule has 1 heterocycles. The zero-order valence-electron chi connectivity index (χ0n) is 9.12. The van der Waals surface area contributed by atoms with E-state index in [1.807, 2.05) is 31.3 Å². The number of anilines is 1. The van der Waals surface area contributed by atoms with Crippen molar-refractivity contribution < 1.29 is 5.11 Å². The lowest BCUT2D eigenvalue weighted by Crippen LogP contribution is -2.43. The van der Waals surface area contributed by atoms with E-state index >= 15 is 0 Å². The van der Waals surface area contributed by atoms with Gasteiger partial charge in [-0.1, -0.05) is 0 Å². The molecule has 0 fully saturated rings. The van der Waals surface area contributed by atoms with Crippen LogP contribution in [0.5, 0.6) is 0 Å². The maximum Gasteiger partial charge on any atom is 0.183 e. The molecule has 15 heavy (non-hydrogen) atoms. The zero-order chi connectivity index (χ0) is 11.5. The van der Waals surface area contributed by atoms with Crippen LogP contribution in [0.15, 0.2) is 9.98 Å². The van der Waals surface area contributed by atoms with Crippen molar-refractivity contribution in [2.75, 3.05) is 32.5 Å². The molecule has 0 aliphatic heterocycles. The third-order valence-corrected chi connectivity index (χ3v) is 3.26. The highest BCUT2D eigenvalue weighted by Crippen LogP contribution is 2.20. The molecule has 0 spiro atoms. The summed E-state index contributed by atoms with van der Waals surface area (Å²) in [7, 11) is 3.88. The monoisotopic (exact) mass is 293 g/mol. The topological polar surface area (TPSA) is 48.4 Å². The summed E-state index contributed by atoms with van der Waals surface area (Å²) in [6, 6.07) is 0. The third-order valence-electron chi connectivity index (χ3n) is 1.75. The predicted octanol–water partition coefficient (Wildman–Crippen LogP) is 1.63. The van der Waals surface area contributed by atoms with E-state index in [1.54, 1.807) is 0 Å². The highest BCUT2D eigenvalue weighted by molar-refractivity contribution is 9.10. The van der Waals surface area contributed by atoms with Gasteiger partial charge >= 0.3 is 0 Å². The molecule has 6 heteroatoms. The quantitative estimate of drug-likeness (QED) is 0.866. The molecule has 0 amide bonds. The summed E-state index contributed by atoms with van der Waals surface area (Å²) < 4.78 is 0.822. The summed E-state index contributed by atoms with van der Waals surface area (Å²) in [6.45, 7) is 2.92. The number of rotatable bonds is 5. The number of nitrogens with one attached hydrogen (secondary N) is 1. The van der Waals surface area contributed by atoms with Crippen LogP contribution in [-0.2, 0) is 0 Å². The van der Waals surface area contributed by atoms with Crippen LogP contribution >= 0.6 is 27.3 Å². The second-order valence-corrected chi connectivity index (χ2v) is 5.73. The highest BCUT2D eigenvalue weighted by Gasteiger charge is 2.21. The van der Waals surface area contributed by atoms with E-state index in [9.17, 15) is 5.11 Å². The number of hydrogen-bond donors (Lipinski definition) is 2. The Morgan fingerprint density at radius 1 is 1.67 bits per heavy atom. The number of thiazole rings is 1. The molecule has 0 aliphatic rings. The molecule has 0 aromatic carbocycles. The summed E-state index contributed by atoms with van der Waals surface area (Å²) in [5.74, 6) is 0. The van der Waals surface area contributed by atoms with Crippen molar-refractivity contribution >= 4 is 32.4 Å². The molecule has 0 bridgehead atoms. The van der Waals surface area contributed by atoms with Crippen LogP contribution in [0, 0.1) is 0 Å². The molecule has 4 nitrogen and oxygen atoms in total. The molecule has 1 rings (SSSR count). The molecule has 86 valence electrons. The largest absolute Gasteiger partial charge is 0.387 e. The lowest BCUT2D eigenvalue weighted by molar-refractivity contribution is 0.0460. The van der Waals surface area contributed by atoms with E-state index in [4.69, 9.17) is 0 Å². The second-order valence-electron chi connectivity index (χ2n) is 4.06. The molecule has 2 N–H and O–H groups in total. The van der Waals surface area contributed by atoms with Crippen LogP contribution in [0.25, 0.3) is 0 Å². The lowest BCUT2D eigenvalue weighted by Gasteiger charge is -2.26. The number of hydrogen-bond acceptors (Lipinski definition) is 5. The minimum Gasteiger partial charge on any atom is -0.387 e. The molecule has 0 saturated carbocycles. The van der Waals surface area contributed by atoms with Gasteiger partial charge in [0.15, 0.2) is 5.13 Å². The Hall–Kier alpha value is -0.170. The number of nitrogens with zero attached hydrogens (tertiary/aromatic N) is 2. The van der Waals surface area contributed by atoms with Gasteiger partial charge < -0.3 is 15.3 Å². The Labute approximate surface area is 102 Å². The van der Waals surface area contributed by atoms with Crippen LogP contribution in [0.2, 0.25) is 0 Å². The van der Waals surface area contributed by atoms with Crippen molar-refractivity contribution in [2.45, 2.75) is 12.5 Å². The van der Waals surface area contributed by atoms with Gasteiger partial charge in [-0.3, -0.25) is 0 Å². The van der Waals surface area contributed by atoms with Crippen molar-refractivity contribution in [1.29, 1.82) is 0 Å². The first-order valence-electron chi connectivity index (χ1n) is 4.61. The SMILES string of the molecule is CN(C)CC(C)(O)CNc1nc(Br)cs1. The van der Waals surface area contributed by atoms with E-state index in [0.29, 0.717) is 13.1 Å². The number of likely N-dealkylation sites (N-methyl/N-ethyl adjacent to an activating group) is 1. The molecular formula is C9H16BrN3OS. The maximum absolute atomic E-state index is 10.0. The summed E-state index contributed by atoms with van der Waals surface area (Å²) in [5, 5.41) is 15.9. The van der Waals surface area contributed by atoms with Crippen molar-refractivity contribution in [1.82, 2.24) is 9.88 Å². The molecule has 1 aromatic rings. The number of halogens is 1. The van der Waals surface area contributed by atoms with Crippen molar-refractivity contribution in [3.8, 4) is 0 Å². The van der Waals surface area contributed by atoms with E-state index in [0.717, 1.165) is 9.73 Å². The van der Waals surface area contributed by atoms with Gasteiger partial charge in [0.2, 0.25) is 0 Å². The van der Waals surface area contributed by atoms with Crippen molar-refractivity contribution in [3.63, 3.8) is 0 Å².